The van der Waals surface area contributed by atoms with Crippen molar-refractivity contribution in [3.05, 3.63) is 12.2 Å². The summed E-state index contributed by atoms with van der Waals surface area (Å²) < 4.78 is 0. The van der Waals surface area contributed by atoms with Crippen LogP contribution in [0, 0.1) is 5.92 Å². The van der Waals surface area contributed by atoms with Crippen molar-refractivity contribution in [3.63, 3.8) is 0 Å². The van der Waals surface area contributed by atoms with Crippen molar-refractivity contribution >= 4 is 5.91 Å². The SMILES string of the molecule is CCC(O)CCNC(=O)C1CC=CC1. The lowest BCUT2D eigenvalue weighted by Gasteiger charge is -2.12. The van der Waals surface area contributed by atoms with Crippen molar-refractivity contribution in [1.29, 1.82) is 0 Å². The van der Waals surface area contributed by atoms with Crippen molar-refractivity contribution in [1.82, 2.24) is 5.32 Å². The van der Waals surface area contributed by atoms with E-state index in [2.05, 4.69) is 5.32 Å². The normalized spacial score (nSPS) is 18.4. The van der Waals surface area contributed by atoms with Crippen LogP contribution in [0.1, 0.15) is 32.6 Å². The summed E-state index contributed by atoms with van der Waals surface area (Å²) in [5.74, 6) is 0.257. The highest BCUT2D eigenvalue weighted by Crippen LogP contribution is 2.17. The Morgan fingerprint density at radius 3 is 2.79 bits per heavy atom. The zero-order valence-electron chi connectivity index (χ0n) is 8.70. The third-order valence-corrected chi connectivity index (χ3v) is 2.63. The lowest BCUT2D eigenvalue weighted by molar-refractivity contribution is -0.124. The number of carbonyl (C=O) groups is 1. The molecule has 0 aromatic carbocycles. The van der Waals surface area contributed by atoms with Crippen molar-refractivity contribution in [2.75, 3.05) is 6.54 Å². The predicted molar refractivity (Wildman–Crippen MR) is 55.8 cm³/mol. The number of hydrogen-bond donors (Lipinski definition) is 2. The number of amides is 1. The van der Waals surface area contributed by atoms with Crippen LogP contribution in [0.5, 0.6) is 0 Å². The van der Waals surface area contributed by atoms with E-state index in [1.165, 1.54) is 0 Å². The van der Waals surface area contributed by atoms with E-state index in [-0.39, 0.29) is 17.9 Å². The molecule has 0 radical (unpaired) electrons. The second-order valence-electron chi connectivity index (χ2n) is 3.78. The molecule has 0 spiro atoms. The summed E-state index contributed by atoms with van der Waals surface area (Å²) in [4.78, 5) is 11.5. The molecule has 3 nitrogen and oxygen atoms in total. The molecule has 14 heavy (non-hydrogen) atoms. The average Bonchev–Trinajstić information content (AvgIpc) is 2.70. The average molecular weight is 197 g/mol. The van der Waals surface area contributed by atoms with Gasteiger partial charge in [-0.1, -0.05) is 19.1 Å². The Morgan fingerprint density at radius 2 is 2.21 bits per heavy atom. The molecular weight excluding hydrogens is 178 g/mol. The van der Waals surface area contributed by atoms with Crippen LogP contribution in [-0.2, 0) is 4.79 Å². The molecule has 0 bridgehead atoms. The van der Waals surface area contributed by atoms with Gasteiger partial charge >= 0.3 is 0 Å². The lowest BCUT2D eigenvalue weighted by atomic mass is 10.1. The molecule has 1 rings (SSSR count). The number of allylic oxidation sites excluding steroid dienone is 2. The van der Waals surface area contributed by atoms with Gasteiger partial charge in [-0.15, -0.1) is 0 Å². The molecule has 0 aromatic heterocycles. The summed E-state index contributed by atoms with van der Waals surface area (Å²) >= 11 is 0. The Balaban J connectivity index is 2.09. The van der Waals surface area contributed by atoms with Gasteiger partial charge < -0.3 is 10.4 Å². The molecule has 80 valence electrons. The molecule has 2 N–H and O–H groups in total. The van der Waals surface area contributed by atoms with Crippen molar-refractivity contribution in [3.8, 4) is 0 Å². The van der Waals surface area contributed by atoms with Gasteiger partial charge in [-0.2, -0.15) is 0 Å². The van der Waals surface area contributed by atoms with Crippen LogP contribution in [0.4, 0.5) is 0 Å². The van der Waals surface area contributed by atoms with Gasteiger partial charge in [0.05, 0.1) is 6.10 Å². The van der Waals surface area contributed by atoms with Gasteiger partial charge in [0.25, 0.3) is 0 Å². The fourth-order valence-corrected chi connectivity index (χ4v) is 1.54. The topological polar surface area (TPSA) is 49.3 Å². The minimum absolute atomic E-state index is 0.123. The second-order valence-corrected chi connectivity index (χ2v) is 3.78. The number of aliphatic hydroxyl groups excluding tert-OH is 1. The van der Waals surface area contributed by atoms with Crippen LogP contribution >= 0.6 is 0 Å². The first-order chi connectivity index (χ1) is 6.74. The molecule has 0 saturated heterocycles. The molecule has 3 heteroatoms. The summed E-state index contributed by atoms with van der Waals surface area (Å²) in [6, 6.07) is 0. The molecular formula is C11H19NO2. The summed E-state index contributed by atoms with van der Waals surface area (Å²) in [5.41, 5.74) is 0. The first-order valence-corrected chi connectivity index (χ1v) is 5.34. The summed E-state index contributed by atoms with van der Waals surface area (Å²) in [7, 11) is 0. The second kappa shape index (κ2) is 5.81. The van der Waals surface area contributed by atoms with E-state index in [4.69, 9.17) is 0 Å². The van der Waals surface area contributed by atoms with E-state index >= 15 is 0 Å². The molecule has 1 atom stereocenters. The molecule has 0 aromatic rings. The molecule has 0 fully saturated rings. The van der Waals surface area contributed by atoms with E-state index in [1.807, 2.05) is 19.1 Å². The lowest BCUT2D eigenvalue weighted by Crippen LogP contribution is -2.31. The fourth-order valence-electron chi connectivity index (χ4n) is 1.54. The summed E-state index contributed by atoms with van der Waals surface area (Å²) in [5, 5.41) is 12.1. The molecule has 0 aliphatic heterocycles. The van der Waals surface area contributed by atoms with Crippen LogP contribution in [0.3, 0.4) is 0 Å². The monoisotopic (exact) mass is 197 g/mol. The standard InChI is InChI=1S/C11H19NO2/c1-2-10(13)7-8-12-11(14)9-5-3-4-6-9/h3-4,9-10,13H,2,5-8H2,1H3,(H,12,14). The van der Waals surface area contributed by atoms with Gasteiger partial charge in [-0.25, -0.2) is 0 Å². The van der Waals surface area contributed by atoms with Crippen molar-refractivity contribution in [2.24, 2.45) is 5.92 Å². The molecule has 1 aliphatic rings. The highest BCUT2D eigenvalue weighted by atomic mass is 16.3. The van der Waals surface area contributed by atoms with Gasteiger partial charge in [-0.3, -0.25) is 4.79 Å². The number of hydrogen-bond acceptors (Lipinski definition) is 2. The summed E-state index contributed by atoms with van der Waals surface area (Å²) in [6.45, 7) is 2.53. The van der Waals surface area contributed by atoms with Crippen LogP contribution in [0.2, 0.25) is 0 Å². The van der Waals surface area contributed by atoms with Crippen molar-refractivity contribution < 1.29 is 9.90 Å². The molecule has 1 amide bonds. The van der Waals surface area contributed by atoms with Crippen LogP contribution in [0.15, 0.2) is 12.2 Å². The fraction of sp³-hybridized carbons (Fsp3) is 0.727. The Bertz CT molecular complexity index is 205. The highest BCUT2D eigenvalue weighted by Gasteiger charge is 2.18. The number of aliphatic hydroxyl groups is 1. The van der Waals surface area contributed by atoms with Gasteiger partial charge in [0.1, 0.15) is 0 Å². The Labute approximate surface area is 85.2 Å². The van der Waals surface area contributed by atoms with Crippen LogP contribution in [0.25, 0.3) is 0 Å². The van der Waals surface area contributed by atoms with Gasteiger partial charge in [0.15, 0.2) is 0 Å². The molecule has 0 heterocycles. The molecule has 1 unspecified atom stereocenters. The summed E-state index contributed by atoms with van der Waals surface area (Å²) in [6.07, 6.45) is 6.95. The quantitative estimate of drug-likeness (QED) is 0.651. The Hall–Kier alpha value is -0.830. The molecule has 1 aliphatic carbocycles. The zero-order valence-corrected chi connectivity index (χ0v) is 8.70. The maximum atomic E-state index is 11.5. The van der Waals surface area contributed by atoms with Gasteiger partial charge in [0, 0.05) is 12.5 Å². The minimum atomic E-state index is -0.281. The van der Waals surface area contributed by atoms with Gasteiger partial charge in [-0.05, 0) is 25.7 Å². The van der Waals surface area contributed by atoms with Crippen LogP contribution < -0.4 is 5.32 Å². The van der Waals surface area contributed by atoms with E-state index in [0.29, 0.717) is 13.0 Å². The van der Waals surface area contributed by atoms with E-state index < -0.39 is 0 Å². The Kier molecular flexibility index (Phi) is 4.66. The van der Waals surface area contributed by atoms with E-state index in [9.17, 15) is 9.90 Å². The number of nitrogens with one attached hydrogen (secondary N) is 1. The zero-order chi connectivity index (χ0) is 10.4. The minimum Gasteiger partial charge on any atom is -0.393 e. The van der Waals surface area contributed by atoms with Gasteiger partial charge in [0.2, 0.25) is 5.91 Å². The third-order valence-electron chi connectivity index (χ3n) is 2.63. The molecule has 0 saturated carbocycles. The van der Waals surface area contributed by atoms with Crippen molar-refractivity contribution in [2.45, 2.75) is 38.7 Å². The predicted octanol–water partition coefficient (Wildman–Crippen LogP) is 1.23. The van der Waals surface area contributed by atoms with Crippen LogP contribution in [-0.4, -0.2) is 23.7 Å². The first-order valence-electron chi connectivity index (χ1n) is 5.34. The smallest absolute Gasteiger partial charge is 0.223 e. The van der Waals surface area contributed by atoms with E-state index in [1.54, 1.807) is 0 Å². The maximum Gasteiger partial charge on any atom is 0.223 e. The largest absolute Gasteiger partial charge is 0.393 e. The maximum absolute atomic E-state index is 11.5. The number of rotatable bonds is 5. The van der Waals surface area contributed by atoms with E-state index in [0.717, 1.165) is 19.3 Å². The Morgan fingerprint density at radius 1 is 1.57 bits per heavy atom. The third kappa shape index (κ3) is 3.50. The first kappa shape index (κ1) is 11.2. The number of carbonyl (C=O) groups excluding carboxylic acids is 1. The highest BCUT2D eigenvalue weighted by molar-refractivity contribution is 5.79.